The van der Waals surface area contributed by atoms with Gasteiger partial charge in [-0.2, -0.15) is 0 Å². The zero-order chi connectivity index (χ0) is 13.0. The first-order valence-corrected chi connectivity index (χ1v) is 7.78. The van der Waals surface area contributed by atoms with Crippen molar-refractivity contribution in [3.05, 3.63) is 0 Å². The fraction of sp³-hybridized carbons (Fsp3) is 1.00. The molecule has 1 heterocycles. The van der Waals surface area contributed by atoms with Crippen LogP contribution in [0.25, 0.3) is 0 Å². The van der Waals surface area contributed by atoms with Gasteiger partial charge in [0.25, 0.3) is 0 Å². The SMILES string of the molecule is CN(CC1CCC(CN)CC1)CC1CCCN1C. The highest BCUT2D eigenvalue weighted by atomic mass is 15.2. The van der Waals surface area contributed by atoms with Gasteiger partial charge < -0.3 is 15.5 Å². The van der Waals surface area contributed by atoms with E-state index in [0.29, 0.717) is 0 Å². The Balaban J connectivity index is 1.66. The van der Waals surface area contributed by atoms with Crippen LogP contribution in [0.1, 0.15) is 38.5 Å². The summed E-state index contributed by atoms with van der Waals surface area (Å²) in [6.07, 6.45) is 8.29. The van der Waals surface area contributed by atoms with E-state index < -0.39 is 0 Å². The highest BCUT2D eigenvalue weighted by Gasteiger charge is 2.25. The molecule has 0 aromatic carbocycles. The highest BCUT2D eigenvalue weighted by Crippen LogP contribution is 2.28. The first-order chi connectivity index (χ1) is 8.69. The largest absolute Gasteiger partial charge is 0.330 e. The number of nitrogens with two attached hydrogens (primary N) is 1. The average molecular weight is 253 g/mol. The number of nitrogens with zero attached hydrogens (tertiary/aromatic N) is 2. The van der Waals surface area contributed by atoms with E-state index in [9.17, 15) is 0 Å². The molecule has 2 rings (SSSR count). The van der Waals surface area contributed by atoms with Gasteiger partial charge in [0.15, 0.2) is 0 Å². The molecule has 3 nitrogen and oxygen atoms in total. The maximum Gasteiger partial charge on any atom is 0.0220 e. The minimum Gasteiger partial charge on any atom is -0.330 e. The van der Waals surface area contributed by atoms with E-state index in [1.165, 1.54) is 58.2 Å². The summed E-state index contributed by atoms with van der Waals surface area (Å²) in [6.45, 7) is 4.74. The molecule has 0 spiro atoms. The lowest BCUT2D eigenvalue weighted by Crippen LogP contribution is -2.39. The van der Waals surface area contributed by atoms with Crippen molar-refractivity contribution < 1.29 is 0 Å². The monoisotopic (exact) mass is 253 g/mol. The van der Waals surface area contributed by atoms with Crippen LogP contribution in [0.15, 0.2) is 0 Å². The summed E-state index contributed by atoms with van der Waals surface area (Å²) in [5.74, 6) is 1.73. The van der Waals surface area contributed by atoms with Crippen molar-refractivity contribution in [2.75, 3.05) is 40.3 Å². The van der Waals surface area contributed by atoms with Gasteiger partial charge in [0.1, 0.15) is 0 Å². The summed E-state index contributed by atoms with van der Waals surface area (Å²) in [4.78, 5) is 5.10. The molecule has 1 saturated heterocycles. The molecule has 1 unspecified atom stereocenters. The van der Waals surface area contributed by atoms with Crippen molar-refractivity contribution in [1.82, 2.24) is 9.80 Å². The molecule has 106 valence electrons. The minimum atomic E-state index is 0.801. The molecule has 0 amide bonds. The van der Waals surface area contributed by atoms with E-state index >= 15 is 0 Å². The van der Waals surface area contributed by atoms with Gasteiger partial charge in [-0.05, 0) is 77.5 Å². The van der Waals surface area contributed by atoms with Crippen molar-refractivity contribution in [3.63, 3.8) is 0 Å². The Kier molecular flexibility index (Phi) is 5.46. The number of likely N-dealkylation sites (N-methyl/N-ethyl adjacent to an activating group) is 2. The quantitative estimate of drug-likeness (QED) is 0.810. The van der Waals surface area contributed by atoms with Crippen LogP contribution in [0.3, 0.4) is 0 Å². The van der Waals surface area contributed by atoms with Crippen LogP contribution in [0.5, 0.6) is 0 Å². The molecule has 2 aliphatic rings. The average Bonchev–Trinajstić information content (AvgIpc) is 2.76. The van der Waals surface area contributed by atoms with Gasteiger partial charge in [0.05, 0.1) is 0 Å². The fourth-order valence-corrected chi connectivity index (χ4v) is 3.73. The molecule has 2 N–H and O–H groups in total. The van der Waals surface area contributed by atoms with Crippen LogP contribution in [-0.4, -0.2) is 56.1 Å². The second-order valence-corrected chi connectivity index (χ2v) is 6.62. The fourth-order valence-electron chi connectivity index (χ4n) is 3.73. The summed E-state index contributed by atoms with van der Waals surface area (Å²) >= 11 is 0. The predicted molar refractivity (Wildman–Crippen MR) is 77.7 cm³/mol. The molecule has 0 bridgehead atoms. The molecule has 1 saturated carbocycles. The smallest absolute Gasteiger partial charge is 0.0220 e. The Morgan fingerprint density at radius 2 is 1.72 bits per heavy atom. The van der Waals surface area contributed by atoms with Crippen LogP contribution in [-0.2, 0) is 0 Å². The lowest BCUT2D eigenvalue weighted by Gasteiger charge is -2.32. The molecule has 3 heteroatoms. The van der Waals surface area contributed by atoms with Gasteiger partial charge in [-0.25, -0.2) is 0 Å². The van der Waals surface area contributed by atoms with E-state index in [2.05, 4.69) is 23.9 Å². The molecule has 0 aromatic heterocycles. The maximum atomic E-state index is 5.76. The van der Waals surface area contributed by atoms with Gasteiger partial charge in [-0.15, -0.1) is 0 Å². The van der Waals surface area contributed by atoms with Crippen LogP contribution in [0.2, 0.25) is 0 Å². The van der Waals surface area contributed by atoms with Crippen molar-refractivity contribution >= 4 is 0 Å². The van der Waals surface area contributed by atoms with Crippen molar-refractivity contribution in [3.8, 4) is 0 Å². The van der Waals surface area contributed by atoms with E-state index in [1.807, 2.05) is 0 Å². The normalized spacial score (nSPS) is 34.3. The maximum absolute atomic E-state index is 5.76. The lowest BCUT2D eigenvalue weighted by atomic mass is 9.82. The van der Waals surface area contributed by atoms with Gasteiger partial charge in [0, 0.05) is 19.1 Å². The number of hydrogen-bond acceptors (Lipinski definition) is 3. The minimum absolute atomic E-state index is 0.801. The van der Waals surface area contributed by atoms with Crippen LogP contribution >= 0.6 is 0 Å². The molecule has 1 aliphatic heterocycles. The Morgan fingerprint density at radius 3 is 2.28 bits per heavy atom. The summed E-state index contributed by atoms with van der Waals surface area (Å²) in [5, 5.41) is 0. The lowest BCUT2D eigenvalue weighted by molar-refractivity contribution is 0.170. The van der Waals surface area contributed by atoms with Crippen LogP contribution in [0, 0.1) is 11.8 Å². The molecule has 2 fully saturated rings. The zero-order valence-electron chi connectivity index (χ0n) is 12.3. The Bertz CT molecular complexity index is 236. The molecule has 1 atom stereocenters. The van der Waals surface area contributed by atoms with E-state index in [4.69, 9.17) is 5.73 Å². The molecular formula is C15H31N3. The van der Waals surface area contributed by atoms with Gasteiger partial charge >= 0.3 is 0 Å². The van der Waals surface area contributed by atoms with Crippen molar-refractivity contribution in [2.45, 2.75) is 44.6 Å². The molecule has 0 aromatic rings. The first-order valence-electron chi connectivity index (χ1n) is 7.78. The standard InChI is InChI=1S/C15H31N3/c1-17(12-15-4-3-9-18(15)2)11-14-7-5-13(10-16)6-8-14/h13-15H,3-12,16H2,1-2H3. The molecule has 18 heavy (non-hydrogen) atoms. The summed E-state index contributed by atoms with van der Waals surface area (Å²) in [6, 6.07) is 0.801. The third-order valence-electron chi connectivity index (χ3n) is 5.06. The Labute approximate surface area is 113 Å². The number of likely N-dealkylation sites (tertiary alicyclic amines) is 1. The molecule has 1 aliphatic carbocycles. The highest BCUT2D eigenvalue weighted by molar-refractivity contribution is 4.80. The van der Waals surface area contributed by atoms with Crippen molar-refractivity contribution in [2.24, 2.45) is 17.6 Å². The second kappa shape index (κ2) is 6.88. The van der Waals surface area contributed by atoms with Crippen LogP contribution in [0.4, 0.5) is 0 Å². The first kappa shape index (κ1) is 14.3. The van der Waals surface area contributed by atoms with Gasteiger partial charge in [0.2, 0.25) is 0 Å². The van der Waals surface area contributed by atoms with Gasteiger partial charge in [-0.1, -0.05) is 0 Å². The van der Waals surface area contributed by atoms with Crippen LogP contribution < -0.4 is 5.73 Å². The molecular weight excluding hydrogens is 222 g/mol. The third-order valence-corrected chi connectivity index (χ3v) is 5.06. The van der Waals surface area contributed by atoms with E-state index in [0.717, 1.165) is 24.4 Å². The predicted octanol–water partition coefficient (Wildman–Crippen LogP) is 1.78. The third kappa shape index (κ3) is 3.94. The summed E-state index contributed by atoms with van der Waals surface area (Å²) in [7, 11) is 4.58. The topological polar surface area (TPSA) is 32.5 Å². The number of rotatable bonds is 5. The van der Waals surface area contributed by atoms with E-state index in [1.54, 1.807) is 0 Å². The number of hydrogen-bond donors (Lipinski definition) is 1. The molecule has 0 radical (unpaired) electrons. The van der Waals surface area contributed by atoms with Gasteiger partial charge in [-0.3, -0.25) is 0 Å². The second-order valence-electron chi connectivity index (χ2n) is 6.62. The van der Waals surface area contributed by atoms with Crippen molar-refractivity contribution in [1.29, 1.82) is 0 Å². The Morgan fingerprint density at radius 1 is 1.06 bits per heavy atom. The summed E-state index contributed by atoms with van der Waals surface area (Å²) < 4.78 is 0. The Hall–Kier alpha value is -0.120. The summed E-state index contributed by atoms with van der Waals surface area (Å²) in [5.41, 5.74) is 5.76. The zero-order valence-corrected chi connectivity index (χ0v) is 12.3. The van der Waals surface area contributed by atoms with E-state index in [-0.39, 0.29) is 0 Å².